The van der Waals surface area contributed by atoms with E-state index in [4.69, 9.17) is 10.8 Å². The number of nitrogens with two attached hydrogens (primary N) is 1. The summed E-state index contributed by atoms with van der Waals surface area (Å²) in [6, 6.07) is 2.01. The monoisotopic (exact) mass is 292 g/mol. The van der Waals surface area contributed by atoms with Crippen LogP contribution in [0.3, 0.4) is 0 Å². The lowest BCUT2D eigenvalue weighted by atomic mass is 10.3. The molecule has 0 saturated carbocycles. The molecule has 1 heterocycles. The van der Waals surface area contributed by atoms with Gasteiger partial charge in [-0.2, -0.15) is 0 Å². The van der Waals surface area contributed by atoms with Gasteiger partial charge in [0.25, 0.3) is 0 Å². The first-order valence-electron chi connectivity index (χ1n) is 4.89. The summed E-state index contributed by atoms with van der Waals surface area (Å²) in [5.74, 6) is 0. The van der Waals surface area contributed by atoms with Gasteiger partial charge in [-0.1, -0.05) is 0 Å². The van der Waals surface area contributed by atoms with Gasteiger partial charge in [-0.25, -0.2) is 0 Å². The summed E-state index contributed by atoms with van der Waals surface area (Å²) < 4.78 is 1.15. The highest BCUT2D eigenvalue weighted by molar-refractivity contribution is 9.10. The van der Waals surface area contributed by atoms with Crippen LogP contribution in [0.4, 0.5) is 0 Å². The lowest BCUT2D eigenvalue weighted by Gasteiger charge is -2.19. The van der Waals surface area contributed by atoms with Gasteiger partial charge in [0, 0.05) is 33.9 Å². The Bertz CT molecular complexity index is 293. The van der Waals surface area contributed by atoms with E-state index in [-0.39, 0.29) is 12.6 Å². The van der Waals surface area contributed by atoms with Gasteiger partial charge in [0.15, 0.2) is 0 Å². The van der Waals surface area contributed by atoms with E-state index in [1.54, 1.807) is 11.3 Å². The third-order valence-electron chi connectivity index (χ3n) is 2.14. The third kappa shape index (κ3) is 5.08. The van der Waals surface area contributed by atoms with Gasteiger partial charge in [-0.15, -0.1) is 11.3 Å². The molecule has 0 amide bonds. The average Bonchev–Trinajstić information content (AvgIpc) is 2.61. The molecule has 86 valence electrons. The fourth-order valence-corrected chi connectivity index (χ4v) is 2.78. The van der Waals surface area contributed by atoms with Gasteiger partial charge in [0.2, 0.25) is 0 Å². The molecule has 5 heteroatoms. The summed E-state index contributed by atoms with van der Waals surface area (Å²) in [4.78, 5) is 3.51. The predicted molar refractivity (Wildman–Crippen MR) is 68.3 cm³/mol. The van der Waals surface area contributed by atoms with Crippen LogP contribution >= 0.6 is 27.3 Å². The van der Waals surface area contributed by atoms with Gasteiger partial charge in [-0.05, 0) is 35.5 Å². The van der Waals surface area contributed by atoms with Crippen molar-refractivity contribution in [2.45, 2.75) is 12.5 Å². The second kappa shape index (κ2) is 6.60. The van der Waals surface area contributed by atoms with E-state index in [0.717, 1.165) is 24.0 Å². The summed E-state index contributed by atoms with van der Waals surface area (Å²) in [6.45, 7) is 1.76. The quantitative estimate of drug-likeness (QED) is 0.831. The molecular weight excluding hydrogens is 276 g/mol. The molecule has 0 aliphatic rings. The summed E-state index contributed by atoms with van der Waals surface area (Å²) in [7, 11) is 2.03. The second-order valence-corrected chi connectivity index (χ2v) is 5.60. The average molecular weight is 293 g/mol. The van der Waals surface area contributed by atoms with Crippen LogP contribution in [0.2, 0.25) is 0 Å². The predicted octanol–water partition coefficient (Wildman–Crippen LogP) is 1.30. The minimum atomic E-state index is -0.134. The van der Waals surface area contributed by atoms with Gasteiger partial charge < -0.3 is 15.7 Å². The highest BCUT2D eigenvalue weighted by atomic mass is 79.9. The van der Waals surface area contributed by atoms with Crippen LogP contribution in [0, 0.1) is 0 Å². The maximum absolute atomic E-state index is 8.82. The Hall–Kier alpha value is 0.0600. The number of hydrogen-bond acceptors (Lipinski definition) is 4. The zero-order chi connectivity index (χ0) is 11.3. The third-order valence-corrected chi connectivity index (χ3v) is 3.90. The molecule has 3 N–H and O–H groups in total. The van der Waals surface area contributed by atoms with Gasteiger partial charge in [0.05, 0.1) is 6.61 Å². The summed E-state index contributed by atoms with van der Waals surface area (Å²) in [5.41, 5.74) is 5.65. The number of rotatable bonds is 6. The van der Waals surface area contributed by atoms with E-state index in [0.29, 0.717) is 0 Å². The van der Waals surface area contributed by atoms with Gasteiger partial charge in [0.1, 0.15) is 0 Å². The van der Waals surface area contributed by atoms with Crippen LogP contribution in [0.1, 0.15) is 4.88 Å². The molecule has 3 nitrogen and oxygen atoms in total. The standard InChI is InChI=1S/C10H17BrN2OS/c1-13(5-9(12)6-14)3-2-10-4-8(11)7-15-10/h4,7,9,14H,2-3,5-6,12H2,1H3. The lowest BCUT2D eigenvalue weighted by Crippen LogP contribution is -2.38. The number of likely N-dealkylation sites (N-methyl/N-ethyl adjacent to an activating group) is 1. The molecule has 0 saturated heterocycles. The van der Waals surface area contributed by atoms with Crippen LogP contribution in [-0.4, -0.2) is 42.8 Å². The number of halogens is 1. The second-order valence-electron chi connectivity index (χ2n) is 3.69. The molecular formula is C10H17BrN2OS. The molecule has 0 radical (unpaired) electrons. The van der Waals surface area contributed by atoms with Crippen molar-refractivity contribution in [3.05, 3.63) is 20.8 Å². The number of aliphatic hydroxyl groups is 1. The zero-order valence-electron chi connectivity index (χ0n) is 8.82. The molecule has 1 rings (SSSR count). The largest absolute Gasteiger partial charge is 0.395 e. The topological polar surface area (TPSA) is 49.5 Å². The van der Waals surface area contributed by atoms with Crippen molar-refractivity contribution in [2.75, 3.05) is 26.7 Å². The number of hydrogen-bond donors (Lipinski definition) is 2. The molecule has 0 spiro atoms. The van der Waals surface area contributed by atoms with Crippen molar-refractivity contribution in [3.8, 4) is 0 Å². The van der Waals surface area contributed by atoms with Crippen molar-refractivity contribution in [2.24, 2.45) is 5.73 Å². The number of nitrogens with zero attached hydrogens (tertiary/aromatic N) is 1. The van der Waals surface area contributed by atoms with E-state index in [1.807, 2.05) is 7.05 Å². The summed E-state index contributed by atoms with van der Waals surface area (Å²) in [6.07, 6.45) is 1.03. The Morgan fingerprint density at radius 2 is 2.40 bits per heavy atom. The van der Waals surface area contributed by atoms with E-state index < -0.39 is 0 Å². The van der Waals surface area contributed by atoms with Crippen LogP contribution in [0.5, 0.6) is 0 Å². The van der Waals surface area contributed by atoms with Crippen molar-refractivity contribution in [1.82, 2.24) is 4.90 Å². The van der Waals surface area contributed by atoms with Crippen LogP contribution in [0.25, 0.3) is 0 Å². The summed E-state index contributed by atoms with van der Waals surface area (Å²) in [5, 5.41) is 10.9. The van der Waals surface area contributed by atoms with Gasteiger partial charge in [-0.3, -0.25) is 0 Å². The molecule has 0 aliphatic heterocycles. The van der Waals surface area contributed by atoms with E-state index in [2.05, 4.69) is 32.3 Å². The first kappa shape index (κ1) is 13.1. The first-order valence-corrected chi connectivity index (χ1v) is 6.57. The first-order chi connectivity index (χ1) is 7.11. The minimum absolute atomic E-state index is 0.0505. The molecule has 1 aromatic heterocycles. The number of thiophene rings is 1. The molecule has 0 fully saturated rings. The Balaban J connectivity index is 2.25. The molecule has 0 aromatic carbocycles. The smallest absolute Gasteiger partial charge is 0.0595 e. The maximum Gasteiger partial charge on any atom is 0.0595 e. The fourth-order valence-electron chi connectivity index (χ4n) is 1.34. The Kier molecular flexibility index (Phi) is 5.78. The fraction of sp³-hybridized carbons (Fsp3) is 0.600. The molecule has 1 unspecified atom stereocenters. The van der Waals surface area contributed by atoms with Crippen molar-refractivity contribution in [1.29, 1.82) is 0 Å². The maximum atomic E-state index is 8.82. The van der Waals surface area contributed by atoms with Crippen LogP contribution < -0.4 is 5.73 Å². The molecule has 0 aliphatic carbocycles. The van der Waals surface area contributed by atoms with Crippen molar-refractivity contribution in [3.63, 3.8) is 0 Å². The zero-order valence-corrected chi connectivity index (χ0v) is 11.2. The minimum Gasteiger partial charge on any atom is -0.395 e. The Labute approximate surface area is 103 Å². The van der Waals surface area contributed by atoms with E-state index >= 15 is 0 Å². The van der Waals surface area contributed by atoms with E-state index in [1.165, 1.54) is 4.88 Å². The molecule has 0 bridgehead atoms. The van der Waals surface area contributed by atoms with Gasteiger partial charge >= 0.3 is 0 Å². The SMILES string of the molecule is CN(CCc1cc(Br)cs1)CC(N)CO. The van der Waals surface area contributed by atoms with Crippen LogP contribution in [-0.2, 0) is 6.42 Å². The molecule has 1 aromatic rings. The molecule has 15 heavy (non-hydrogen) atoms. The normalized spacial score (nSPS) is 13.4. The lowest BCUT2D eigenvalue weighted by molar-refractivity contribution is 0.223. The number of aliphatic hydroxyl groups excluding tert-OH is 1. The molecule has 1 atom stereocenters. The Morgan fingerprint density at radius 3 is 2.93 bits per heavy atom. The highest BCUT2D eigenvalue weighted by Gasteiger charge is 2.06. The van der Waals surface area contributed by atoms with E-state index in [9.17, 15) is 0 Å². The van der Waals surface area contributed by atoms with Crippen molar-refractivity contribution >= 4 is 27.3 Å². The Morgan fingerprint density at radius 1 is 1.67 bits per heavy atom. The summed E-state index contributed by atoms with van der Waals surface area (Å²) >= 11 is 5.20. The van der Waals surface area contributed by atoms with Crippen molar-refractivity contribution < 1.29 is 5.11 Å². The highest BCUT2D eigenvalue weighted by Crippen LogP contribution is 2.20. The van der Waals surface area contributed by atoms with Crippen LogP contribution in [0.15, 0.2) is 15.9 Å².